The first-order chi connectivity index (χ1) is 21.0. The van der Waals surface area contributed by atoms with Crippen molar-refractivity contribution in [3.63, 3.8) is 0 Å². The molecule has 2 atom stereocenters. The van der Waals surface area contributed by atoms with Crippen LogP contribution in [0.15, 0.2) is 12.2 Å². The molecule has 0 aliphatic carbocycles. The maximum Gasteiger partial charge on any atom is 0.302 e. The van der Waals surface area contributed by atoms with Crippen molar-refractivity contribution in [3.05, 3.63) is 12.2 Å². The maximum atomic E-state index is 12.5. The second-order valence-corrected chi connectivity index (χ2v) is 12.9. The quantitative estimate of drug-likeness (QED) is 0.0442. The summed E-state index contributed by atoms with van der Waals surface area (Å²) in [4.78, 5) is 23.9. The Morgan fingerprint density at radius 2 is 0.977 bits per heavy atom. The van der Waals surface area contributed by atoms with Crippen LogP contribution in [0, 0.1) is 0 Å². The highest BCUT2D eigenvalue weighted by Crippen LogP contribution is 2.15. The van der Waals surface area contributed by atoms with E-state index in [2.05, 4.69) is 19.2 Å². The second-order valence-electron chi connectivity index (χ2n) is 12.9. The van der Waals surface area contributed by atoms with Crippen LogP contribution in [0.3, 0.4) is 0 Å². The molecule has 254 valence electrons. The Morgan fingerprint density at radius 1 is 0.605 bits per heavy atom. The number of unbranched alkanes of at least 4 members (excludes halogenated alkanes) is 25. The minimum absolute atomic E-state index is 0.0100. The third-order valence-corrected chi connectivity index (χ3v) is 8.54. The number of hydrogen-bond acceptors (Lipinski definition) is 4. The number of aliphatic hydroxyl groups excluding tert-OH is 1. The lowest BCUT2D eigenvalue weighted by molar-refractivity contribution is -0.143. The Balaban J connectivity index is 3.91. The number of esters is 1. The van der Waals surface area contributed by atoms with Crippen molar-refractivity contribution in [3.8, 4) is 0 Å². The predicted octanol–water partition coefficient (Wildman–Crippen LogP) is 10.9. The normalized spacial score (nSPS) is 12.9. The highest BCUT2D eigenvalue weighted by atomic mass is 16.5. The molecule has 0 radical (unpaired) electrons. The lowest BCUT2D eigenvalue weighted by atomic mass is 10.0. The van der Waals surface area contributed by atoms with Gasteiger partial charge in [-0.3, -0.25) is 9.59 Å². The van der Waals surface area contributed by atoms with Gasteiger partial charge < -0.3 is 15.2 Å². The maximum absolute atomic E-state index is 12.5. The van der Waals surface area contributed by atoms with Gasteiger partial charge in [-0.25, -0.2) is 0 Å². The molecule has 0 aliphatic heterocycles. The summed E-state index contributed by atoms with van der Waals surface area (Å²) in [5.41, 5.74) is 0. The van der Waals surface area contributed by atoms with Gasteiger partial charge in [-0.05, 0) is 19.3 Å². The smallest absolute Gasteiger partial charge is 0.302 e. The Hall–Kier alpha value is -1.36. The fourth-order valence-electron chi connectivity index (χ4n) is 5.66. The molecule has 0 bridgehead atoms. The molecule has 0 aromatic rings. The van der Waals surface area contributed by atoms with Gasteiger partial charge in [0.2, 0.25) is 5.91 Å². The molecule has 0 aliphatic rings. The fourth-order valence-corrected chi connectivity index (χ4v) is 5.66. The molecule has 0 saturated heterocycles. The SMILES string of the molecule is CCCCCCCCCCCCC/C=C/[C@@H](O)[C@H](COC(C)=O)NC(=O)CCCCCCCCCCCCCCCCC. The summed E-state index contributed by atoms with van der Waals surface area (Å²) >= 11 is 0. The zero-order valence-corrected chi connectivity index (χ0v) is 29.0. The zero-order chi connectivity index (χ0) is 31.6. The number of hydrogen-bond donors (Lipinski definition) is 2. The third-order valence-electron chi connectivity index (χ3n) is 8.54. The van der Waals surface area contributed by atoms with Gasteiger partial charge in [0, 0.05) is 13.3 Å². The molecule has 0 fully saturated rings. The number of ether oxygens (including phenoxy) is 1. The van der Waals surface area contributed by atoms with Crippen molar-refractivity contribution in [2.75, 3.05) is 6.61 Å². The van der Waals surface area contributed by atoms with Gasteiger partial charge in [0.05, 0.1) is 12.1 Å². The number of allylic oxidation sites excluding steroid dienone is 1. The molecule has 0 saturated carbocycles. The first-order valence-corrected chi connectivity index (χ1v) is 18.8. The number of aliphatic hydroxyl groups is 1. The summed E-state index contributed by atoms with van der Waals surface area (Å²) in [7, 11) is 0. The Morgan fingerprint density at radius 3 is 1.37 bits per heavy atom. The third kappa shape index (κ3) is 31.9. The van der Waals surface area contributed by atoms with E-state index in [4.69, 9.17) is 4.74 Å². The summed E-state index contributed by atoms with van der Waals surface area (Å²) in [5, 5.41) is 13.6. The van der Waals surface area contributed by atoms with Gasteiger partial charge in [-0.1, -0.05) is 180 Å². The molecule has 0 heterocycles. The van der Waals surface area contributed by atoms with E-state index >= 15 is 0 Å². The molecule has 0 aromatic heterocycles. The summed E-state index contributed by atoms with van der Waals surface area (Å²) in [6.07, 6.45) is 38.2. The van der Waals surface area contributed by atoms with Crippen LogP contribution in [-0.2, 0) is 14.3 Å². The van der Waals surface area contributed by atoms with E-state index in [1.807, 2.05) is 6.08 Å². The van der Waals surface area contributed by atoms with Crippen molar-refractivity contribution >= 4 is 11.9 Å². The number of nitrogens with one attached hydrogen (secondary N) is 1. The van der Waals surface area contributed by atoms with Crippen LogP contribution >= 0.6 is 0 Å². The molecule has 0 aromatic carbocycles. The van der Waals surface area contributed by atoms with Crippen LogP contribution < -0.4 is 5.32 Å². The lowest BCUT2D eigenvalue weighted by Crippen LogP contribution is -2.46. The molecule has 0 unspecified atom stereocenters. The van der Waals surface area contributed by atoms with Crippen LogP contribution in [-0.4, -0.2) is 35.7 Å². The monoisotopic (exact) mass is 608 g/mol. The van der Waals surface area contributed by atoms with E-state index in [9.17, 15) is 14.7 Å². The molecule has 1 amide bonds. The van der Waals surface area contributed by atoms with Gasteiger partial charge in [0.1, 0.15) is 6.61 Å². The van der Waals surface area contributed by atoms with E-state index in [-0.39, 0.29) is 12.5 Å². The number of carbonyl (C=O) groups excluding carboxylic acids is 2. The average Bonchev–Trinajstić information content (AvgIpc) is 2.99. The number of amides is 1. The van der Waals surface area contributed by atoms with Gasteiger partial charge in [0.25, 0.3) is 0 Å². The van der Waals surface area contributed by atoms with E-state index < -0.39 is 18.1 Å². The fraction of sp³-hybridized carbons (Fsp3) is 0.895. The average molecular weight is 608 g/mol. The Labute approximate surface area is 267 Å². The molecular formula is C38H73NO4. The molecule has 5 heteroatoms. The van der Waals surface area contributed by atoms with E-state index in [0.29, 0.717) is 6.42 Å². The molecule has 5 nitrogen and oxygen atoms in total. The van der Waals surface area contributed by atoms with E-state index in [1.165, 1.54) is 155 Å². The summed E-state index contributed by atoms with van der Waals surface area (Å²) < 4.78 is 5.13. The Bertz CT molecular complexity index is 635. The van der Waals surface area contributed by atoms with Crippen LogP contribution in [0.2, 0.25) is 0 Å². The lowest BCUT2D eigenvalue weighted by Gasteiger charge is -2.21. The molecule has 43 heavy (non-hydrogen) atoms. The van der Waals surface area contributed by atoms with E-state index in [1.54, 1.807) is 6.08 Å². The predicted molar refractivity (Wildman–Crippen MR) is 184 cm³/mol. The van der Waals surface area contributed by atoms with Crippen LogP contribution in [0.25, 0.3) is 0 Å². The summed E-state index contributed by atoms with van der Waals surface area (Å²) in [5.74, 6) is -0.483. The topological polar surface area (TPSA) is 75.6 Å². The van der Waals surface area contributed by atoms with Gasteiger partial charge in [-0.2, -0.15) is 0 Å². The standard InChI is InChI=1S/C38H73NO4/c1-4-6-8-10-12-14-16-18-19-21-23-25-27-29-31-33-38(42)39-36(34-43-35(3)40)37(41)32-30-28-26-24-22-20-17-15-13-11-9-7-5-2/h30,32,36-37,41H,4-29,31,33-34H2,1-3H3,(H,39,42)/b32-30+/t36-,37+/m0/s1. The van der Waals surface area contributed by atoms with Crippen molar-refractivity contribution < 1.29 is 19.4 Å². The number of carbonyl (C=O) groups is 2. The minimum atomic E-state index is -0.864. The van der Waals surface area contributed by atoms with Gasteiger partial charge in [-0.15, -0.1) is 0 Å². The first kappa shape index (κ1) is 41.6. The highest BCUT2D eigenvalue weighted by Gasteiger charge is 2.20. The van der Waals surface area contributed by atoms with Crippen molar-refractivity contribution in [1.82, 2.24) is 5.32 Å². The molecule has 2 N–H and O–H groups in total. The first-order valence-electron chi connectivity index (χ1n) is 18.8. The van der Waals surface area contributed by atoms with Crippen LogP contribution in [0.5, 0.6) is 0 Å². The Kier molecular flexibility index (Phi) is 32.5. The second kappa shape index (κ2) is 33.5. The minimum Gasteiger partial charge on any atom is -0.464 e. The van der Waals surface area contributed by atoms with Crippen LogP contribution in [0.4, 0.5) is 0 Å². The van der Waals surface area contributed by atoms with Crippen molar-refractivity contribution in [1.29, 1.82) is 0 Å². The zero-order valence-electron chi connectivity index (χ0n) is 29.0. The van der Waals surface area contributed by atoms with Gasteiger partial charge in [0.15, 0.2) is 0 Å². The molecule has 0 spiro atoms. The summed E-state index contributed by atoms with van der Waals surface area (Å²) in [6.45, 7) is 5.87. The van der Waals surface area contributed by atoms with Gasteiger partial charge >= 0.3 is 5.97 Å². The summed E-state index contributed by atoms with van der Waals surface area (Å²) in [6, 6.07) is -0.610. The largest absolute Gasteiger partial charge is 0.464 e. The van der Waals surface area contributed by atoms with Crippen LogP contribution in [0.1, 0.15) is 201 Å². The van der Waals surface area contributed by atoms with Crippen molar-refractivity contribution in [2.45, 2.75) is 213 Å². The molecule has 0 rings (SSSR count). The highest BCUT2D eigenvalue weighted by molar-refractivity contribution is 5.76. The molecular weight excluding hydrogens is 534 g/mol. The van der Waals surface area contributed by atoms with Crippen molar-refractivity contribution in [2.24, 2.45) is 0 Å². The number of rotatable bonds is 33. The van der Waals surface area contributed by atoms with E-state index in [0.717, 1.165) is 25.7 Å².